The Hall–Kier alpha value is -3.46. The van der Waals surface area contributed by atoms with Crippen molar-refractivity contribution < 1.29 is 23.9 Å². The number of carbonyl (C=O) groups excluding carboxylic acids is 3. The van der Waals surface area contributed by atoms with Gasteiger partial charge in [-0.15, -0.1) is 0 Å². The van der Waals surface area contributed by atoms with E-state index in [0.717, 1.165) is 33.4 Å². The maximum Gasteiger partial charge on any atom is 0.294 e. The summed E-state index contributed by atoms with van der Waals surface area (Å²) in [6, 6.07) is 15.9. The highest BCUT2D eigenvalue weighted by Gasteiger charge is 2.36. The largest absolute Gasteiger partial charge is 0.493 e. The lowest BCUT2D eigenvalue weighted by Gasteiger charge is -2.14. The van der Waals surface area contributed by atoms with Gasteiger partial charge in [0.1, 0.15) is 13.2 Å². The highest BCUT2D eigenvalue weighted by molar-refractivity contribution is 8.18. The summed E-state index contributed by atoms with van der Waals surface area (Å²) in [5.41, 5.74) is 3.99. The first-order valence-corrected chi connectivity index (χ1v) is 13.1. The lowest BCUT2D eigenvalue weighted by Crippen LogP contribution is -2.36. The second-order valence-corrected chi connectivity index (χ2v) is 10.4. The molecule has 3 amide bonds. The average molecular weight is 571 g/mol. The number of thioether (sulfide) groups is 1. The predicted molar refractivity (Wildman–Crippen MR) is 151 cm³/mol. The summed E-state index contributed by atoms with van der Waals surface area (Å²) in [4.78, 5) is 39.1. The molecule has 1 aliphatic heterocycles. The quantitative estimate of drug-likeness (QED) is 0.297. The van der Waals surface area contributed by atoms with E-state index in [-0.39, 0.29) is 18.1 Å². The summed E-state index contributed by atoms with van der Waals surface area (Å²) in [5, 5.41) is 3.28. The van der Waals surface area contributed by atoms with Crippen LogP contribution in [-0.2, 0) is 16.2 Å². The molecule has 4 rings (SSSR count). The number of rotatable bonds is 8. The van der Waals surface area contributed by atoms with Crippen LogP contribution in [0.2, 0.25) is 10.0 Å². The van der Waals surface area contributed by atoms with Gasteiger partial charge in [0, 0.05) is 21.3 Å². The van der Waals surface area contributed by atoms with Crippen LogP contribution in [-0.4, -0.2) is 35.6 Å². The van der Waals surface area contributed by atoms with Crippen molar-refractivity contribution in [2.24, 2.45) is 0 Å². The van der Waals surface area contributed by atoms with Crippen molar-refractivity contribution in [2.75, 3.05) is 19.0 Å². The zero-order valence-corrected chi connectivity index (χ0v) is 23.2. The lowest BCUT2D eigenvalue weighted by molar-refractivity contribution is -0.127. The molecule has 7 nitrogen and oxygen atoms in total. The van der Waals surface area contributed by atoms with Gasteiger partial charge in [0.15, 0.2) is 11.5 Å². The molecule has 196 valence electrons. The van der Waals surface area contributed by atoms with Crippen molar-refractivity contribution in [3.63, 3.8) is 0 Å². The SMILES string of the molecule is COc1cc(/C=C2/SC(=O)N(CC(=O)Nc3ccc(C)cc3C)C2=O)ccc1OCc1ccc(Cl)cc1Cl. The highest BCUT2D eigenvalue weighted by atomic mass is 35.5. The van der Waals surface area contributed by atoms with E-state index in [4.69, 9.17) is 32.7 Å². The molecule has 1 fully saturated rings. The van der Waals surface area contributed by atoms with Crippen LogP contribution < -0.4 is 14.8 Å². The molecule has 0 aromatic heterocycles. The molecule has 1 aliphatic rings. The summed E-state index contributed by atoms with van der Waals surface area (Å²) < 4.78 is 11.3. The second kappa shape index (κ2) is 11.9. The first-order valence-electron chi connectivity index (χ1n) is 11.5. The molecule has 38 heavy (non-hydrogen) atoms. The molecule has 10 heteroatoms. The topological polar surface area (TPSA) is 84.9 Å². The maximum atomic E-state index is 12.9. The Morgan fingerprint density at radius 1 is 1.03 bits per heavy atom. The van der Waals surface area contributed by atoms with E-state index in [0.29, 0.717) is 32.8 Å². The number of carbonyl (C=O) groups is 3. The van der Waals surface area contributed by atoms with E-state index in [2.05, 4.69) is 5.32 Å². The molecule has 0 aliphatic carbocycles. The molecule has 0 saturated carbocycles. The lowest BCUT2D eigenvalue weighted by atomic mass is 10.1. The molecule has 0 bridgehead atoms. The average Bonchev–Trinajstić information content (AvgIpc) is 3.12. The molecule has 1 saturated heterocycles. The number of nitrogens with one attached hydrogen (secondary N) is 1. The fourth-order valence-electron chi connectivity index (χ4n) is 3.76. The van der Waals surface area contributed by atoms with Gasteiger partial charge in [0.25, 0.3) is 11.1 Å². The Labute approximate surface area is 234 Å². The number of amides is 3. The highest BCUT2D eigenvalue weighted by Crippen LogP contribution is 2.35. The Bertz CT molecular complexity index is 1460. The van der Waals surface area contributed by atoms with Crippen LogP contribution in [0, 0.1) is 13.8 Å². The van der Waals surface area contributed by atoms with Crippen LogP contribution in [0.15, 0.2) is 59.5 Å². The van der Waals surface area contributed by atoms with Crippen molar-refractivity contribution >= 4 is 63.8 Å². The summed E-state index contributed by atoms with van der Waals surface area (Å²) >= 11 is 12.9. The number of ether oxygens (including phenoxy) is 2. The first-order chi connectivity index (χ1) is 18.1. The number of hydrogen-bond acceptors (Lipinski definition) is 6. The van der Waals surface area contributed by atoms with Crippen LogP contribution in [0.1, 0.15) is 22.3 Å². The number of benzene rings is 3. The minimum atomic E-state index is -0.535. The van der Waals surface area contributed by atoms with Crippen molar-refractivity contribution in [3.05, 3.63) is 91.8 Å². The predicted octanol–water partition coefficient (Wildman–Crippen LogP) is 6.87. The smallest absolute Gasteiger partial charge is 0.294 e. The minimum Gasteiger partial charge on any atom is -0.493 e. The summed E-state index contributed by atoms with van der Waals surface area (Å²) in [7, 11) is 1.50. The van der Waals surface area contributed by atoms with E-state index in [1.807, 2.05) is 26.0 Å². The van der Waals surface area contributed by atoms with E-state index >= 15 is 0 Å². The molecule has 1 heterocycles. The maximum absolute atomic E-state index is 12.9. The van der Waals surface area contributed by atoms with Gasteiger partial charge in [-0.25, -0.2) is 0 Å². The monoisotopic (exact) mass is 570 g/mol. The Morgan fingerprint density at radius 2 is 1.82 bits per heavy atom. The van der Waals surface area contributed by atoms with Crippen LogP contribution in [0.5, 0.6) is 11.5 Å². The molecular formula is C28H24Cl2N2O5S. The van der Waals surface area contributed by atoms with E-state index in [1.165, 1.54) is 7.11 Å². The first kappa shape index (κ1) is 27.6. The van der Waals surface area contributed by atoms with Gasteiger partial charge in [-0.1, -0.05) is 53.0 Å². The fourth-order valence-corrected chi connectivity index (χ4v) is 5.06. The van der Waals surface area contributed by atoms with Crippen LogP contribution in [0.25, 0.3) is 6.08 Å². The van der Waals surface area contributed by atoms with Gasteiger partial charge >= 0.3 is 0 Å². The zero-order chi connectivity index (χ0) is 27.4. The summed E-state index contributed by atoms with van der Waals surface area (Å²) in [6.07, 6.45) is 1.58. The number of aryl methyl sites for hydroxylation is 2. The molecule has 0 unspecified atom stereocenters. The van der Waals surface area contributed by atoms with Gasteiger partial charge in [-0.05, 0) is 73.1 Å². The van der Waals surface area contributed by atoms with Gasteiger partial charge in [-0.3, -0.25) is 19.3 Å². The van der Waals surface area contributed by atoms with Crippen molar-refractivity contribution in [3.8, 4) is 11.5 Å². The molecule has 0 spiro atoms. The number of halogens is 2. The third-order valence-corrected chi connectivity index (χ3v) is 7.21. The second-order valence-electron chi connectivity index (χ2n) is 8.57. The van der Waals surface area contributed by atoms with Gasteiger partial charge in [-0.2, -0.15) is 0 Å². The fraction of sp³-hybridized carbons (Fsp3) is 0.179. The van der Waals surface area contributed by atoms with Crippen molar-refractivity contribution in [1.29, 1.82) is 0 Å². The zero-order valence-electron chi connectivity index (χ0n) is 20.8. The number of nitrogens with zero attached hydrogens (tertiary/aromatic N) is 1. The molecule has 0 radical (unpaired) electrons. The van der Waals surface area contributed by atoms with Gasteiger partial charge < -0.3 is 14.8 Å². The number of methoxy groups -OCH3 is 1. The molecule has 3 aromatic rings. The molecular weight excluding hydrogens is 547 g/mol. The standard InChI is InChI=1S/C28H24Cl2N2O5S/c1-16-4-8-22(17(2)10-16)31-26(33)14-32-27(34)25(38-28(32)35)12-18-5-9-23(24(11-18)36-3)37-15-19-6-7-20(29)13-21(19)30/h4-13H,14-15H2,1-3H3,(H,31,33)/b25-12+. The Morgan fingerprint density at radius 3 is 2.53 bits per heavy atom. The van der Waals surface area contributed by atoms with Crippen LogP contribution in [0.4, 0.5) is 10.5 Å². The molecule has 1 N–H and O–H groups in total. The summed E-state index contributed by atoms with van der Waals surface area (Å²) in [5.74, 6) is -0.0698. The number of hydrogen-bond donors (Lipinski definition) is 1. The summed E-state index contributed by atoms with van der Waals surface area (Å²) in [6.45, 7) is 3.66. The van der Waals surface area contributed by atoms with Crippen LogP contribution >= 0.6 is 35.0 Å². The third kappa shape index (κ3) is 6.51. The Balaban J connectivity index is 1.43. The van der Waals surface area contributed by atoms with Crippen molar-refractivity contribution in [2.45, 2.75) is 20.5 Å². The van der Waals surface area contributed by atoms with Crippen LogP contribution in [0.3, 0.4) is 0 Å². The third-order valence-electron chi connectivity index (χ3n) is 5.72. The normalized spacial score (nSPS) is 14.2. The Kier molecular flexibility index (Phi) is 8.66. The number of imide groups is 1. The van der Waals surface area contributed by atoms with E-state index in [9.17, 15) is 14.4 Å². The minimum absolute atomic E-state index is 0.203. The van der Waals surface area contributed by atoms with E-state index in [1.54, 1.807) is 48.5 Å². The van der Waals surface area contributed by atoms with Crippen molar-refractivity contribution in [1.82, 2.24) is 4.90 Å². The van der Waals surface area contributed by atoms with Gasteiger partial charge in [0.2, 0.25) is 5.91 Å². The van der Waals surface area contributed by atoms with Gasteiger partial charge in [0.05, 0.1) is 12.0 Å². The van der Waals surface area contributed by atoms with E-state index < -0.39 is 17.1 Å². The molecule has 3 aromatic carbocycles. The number of anilines is 1. The molecule has 0 atom stereocenters.